The van der Waals surface area contributed by atoms with Crippen molar-refractivity contribution in [1.82, 2.24) is 0 Å². The van der Waals surface area contributed by atoms with Crippen LogP contribution in [-0.2, 0) is 9.53 Å². The summed E-state index contributed by atoms with van der Waals surface area (Å²) in [5.74, 6) is -4.06. The minimum absolute atomic E-state index is 0.275. The van der Waals surface area contributed by atoms with Crippen LogP contribution in [0.3, 0.4) is 0 Å². The number of rotatable bonds is 6. The molecule has 0 aromatic heterocycles. The zero-order valence-electron chi connectivity index (χ0n) is 9.93. The van der Waals surface area contributed by atoms with E-state index < -0.39 is 29.1 Å². The van der Waals surface area contributed by atoms with Crippen molar-refractivity contribution in [2.45, 2.75) is 19.8 Å². The van der Waals surface area contributed by atoms with Crippen LogP contribution in [0.5, 0.6) is 0 Å². The topological polar surface area (TPSA) is 38.3 Å². The fourth-order valence-electron chi connectivity index (χ4n) is 1.23. The SMILES string of the molecule is CCCCOC(=O)CNc1cc(F)cc(F)c1F. The van der Waals surface area contributed by atoms with Crippen LogP contribution in [0.1, 0.15) is 19.8 Å². The summed E-state index contributed by atoms with van der Waals surface area (Å²) in [5, 5.41) is 2.29. The Morgan fingerprint density at radius 3 is 2.72 bits per heavy atom. The first kappa shape index (κ1) is 14.3. The molecule has 0 amide bonds. The van der Waals surface area contributed by atoms with Crippen LogP contribution in [0.15, 0.2) is 12.1 Å². The molecule has 1 aromatic carbocycles. The van der Waals surface area contributed by atoms with Gasteiger partial charge in [0, 0.05) is 12.1 Å². The number of benzene rings is 1. The Kier molecular flexibility index (Phi) is 5.48. The van der Waals surface area contributed by atoms with E-state index in [2.05, 4.69) is 5.32 Å². The molecule has 0 aliphatic carbocycles. The Labute approximate surface area is 103 Å². The van der Waals surface area contributed by atoms with Crippen LogP contribution < -0.4 is 5.32 Å². The van der Waals surface area contributed by atoms with E-state index in [0.29, 0.717) is 6.07 Å². The molecule has 1 N–H and O–H groups in total. The lowest BCUT2D eigenvalue weighted by molar-refractivity contribution is -0.141. The first-order valence-electron chi connectivity index (χ1n) is 5.58. The van der Waals surface area contributed by atoms with Crippen molar-refractivity contribution < 1.29 is 22.7 Å². The number of carbonyl (C=O) groups is 1. The van der Waals surface area contributed by atoms with Gasteiger partial charge >= 0.3 is 5.97 Å². The molecule has 0 atom stereocenters. The second-order valence-corrected chi connectivity index (χ2v) is 3.68. The van der Waals surface area contributed by atoms with Gasteiger partial charge < -0.3 is 10.1 Å². The molecule has 1 rings (SSSR count). The number of ether oxygens (including phenoxy) is 1. The third-order valence-electron chi connectivity index (χ3n) is 2.18. The van der Waals surface area contributed by atoms with Gasteiger partial charge in [-0.2, -0.15) is 0 Å². The van der Waals surface area contributed by atoms with E-state index >= 15 is 0 Å². The first-order valence-corrected chi connectivity index (χ1v) is 5.58. The molecule has 6 heteroatoms. The fraction of sp³-hybridized carbons (Fsp3) is 0.417. The minimum Gasteiger partial charge on any atom is -0.464 e. The summed E-state index contributed by atoms with van der Waals surface area (Å²) in [7, 11) is 0. The summed E-state index contributed by atoms with van der Waals surface area (Å²) in [6.45, 7) is 1.87. The number of halogens is 3. The van der Waals surface area contributed by atoms with Crippen LogP contribution >= 0.6 is 0 Å². The Morgan fingerprint density at radius 2 is 2.06 bits per heavy atom. The molecule has 0 unspecified atom stereocenters. The lowest BCUT2D eigenvalue weighted by atomic mass is 10.3. The molecular weight excluding hydrogens is 247 g/mol. The fourth-order valence-corrected chi connectivity index (χ4v) is 1.23. The van der Waals surface area contributed by atoms with Crippen molar-refractivity contribution in [3.05, 3.63) is 29.6 Å². The van der Waals surface area contributed by atoms with E-state index in [9.17, 15) is 18.0 Å². The third kappa shape index (κ3) is 4.27. The standard InChI is InChI=1S/C12H14F3NO2/c1-2-3-4-18-11(17)7-16-10-6-8(13)5-9(14)12(10)15/h5-6,16H,2-4,7H2,1H3. The number of hydrogen-bond donors (Lipinski definition) is 1. The molecule has 1 aromatic rings. The molecule has 3 nitrogen and oxygen atoms in total. The Morgan fingerprint density at radius 1 is 1.33 bits per heavy atom. The highest BCUT2D eigenvalue weighted by Crippen LogP contribution is 2.18. The Balaban J connectivity index is 2.50. The van der Waals surface area contributed by atoms with Crippen molar-refractivity contribution >= 4 is 11.7 Å². The molecule has 0 bridgehead atoms. The second-order valence-electron chi connectivity index (χ2n) is 3.68. The van der Waals surface area contributed by atoms with Gasteiger partial charge in [0.15, 0.2) is 11.6 Å². The van der Waals surface area contributed by atoms with Crippen LogP contribution in [0.25, 0.3) is 0 Å². The molecule has 0 radical (unpaired) electrons. The molecule has 0 fully saturated rings. The molecule has 0 saturated carbocycles. The Bertz CT molecular complexity index is 424. The largest absolute Gasteiger partial charge is 0.464 e. The average Bonchev–Trinajstić information content (AvgIpc) is 2.32. The smallest absolute Gasteiger partial charge is 0.325 e. The monoisotopic (exact) mass is 261 g/mol. The number of carbonyl (C=O) groups excluding carboxylic acids is 1. The quantitative estimate of drug-likeness (QED) is 0.486. The molecular formula is C12H14F3NO2. The molecule has 0 saturated heterocycles. The number of nitrogens with one attached hydrogen (secondary N) is 1. The average molecular weight is 261 g/mol. The van der Waals surface area contributed by atoms with Crippen LogP contribution in [-0.4, -0.2) is 19.1 Å². The van der Waals surface area contributed by atoms with Gasteiger partial charge in [-0.3, -0.25) is 4.79 Å². The van der Waals surface area contributed by atoms with E-state index in [1.165, 1.54) is 0 Å². The van der Waals surface area contributed by atoms with E-state index in [0.717, 1.165) is 18.9 Å². The predicted octanol–water partition coefficient (Wildman–Crippen LogP) is 2.86. The number of unbranched alkanes of at least 4 members (excludes halogenated alkanes) is 1. The van der Waals surface area contributed by atoms with Gasteiger partial charge in [0.25, 0.3) is 0 Å². The van der Waals surface area contributed by atoms with E-state index in [-0.39, 0.29) is 13.2 Å². The Hall–Kier alpha value is -1.72. The third-order valence-corrected chi connectivity index (χ3v) is 2.18. The lowest BCUT2D eigenvalue weighted by Crippen LogP contribution is -2.18. The van der Waals surface area contributed by atoms with E-state index in [4.69, 9.17) is 4.74 Å². The first-order chi connectivity index (χ1) is 8.54. The van der Waals surface area contributed by atoms with Gasteiger partial charge in [-0.15, -0.1) is 0 Å². The summed E-state index contributed by atoms with van der Waals surface area (Å²) in [5.41, 5.74) is -0.403. The highest BCUT2D eigenvalue weighted by Gasteiger charge is 2.12. The molecule has 0 aliphatic rings. The summed E-state index contributed by atoms with van der Waals surface area (Å²) in [6.07, 6.45) is 1.61. The maximum absolute atomic E-state index is 13.2. The van der Waals surface area contributed by atoms with Crippen molar-refractivity contribution in [3.63, 3.8) is 0 Å². The summed E-state index contributed by atoms with van der Waals surface area (Å²) in [6, 6.07) is 1.21. The highest BCUT2D eigenvalue weighted by molar-refractivity contribution is 5.75. The van der Waals surface area contributed by atoms with Gasteiger partial charge in [0.2, 0.25) is 0 Å². The van der Waals surface area contributed by atoms with Crippen LogP contribution in [0, 0.1) is 17.5 Å². The predicted molar refractivity (Wildman–Crippen MR) is 60.7 cm³/mol. The van der Waals surface area contributed by atoms with Crippen LogP contribution in [0.4, 0.5) is 18.9 Å². The molecule has 100 valence electrons. The molecule has 0 spiro atoms. The van der Waals surface area contributed by atoms with Crippen molar-refractivity contribution in [3.8, 4) is 0 Å². The molecule has 18 heavy (non-hydrogen) atoms. The van der Waals surface area contributed by atoms with Gasteiger partial charge in [0.05, 0.1) is 12.3 Å². The van der Waals surface area contributed by atoms with E-state index in [1.54, 1.807) is 0 Å². The number of anilines is 1. The van der Waals surface area contributed by atoms with Gasteiger partial charge in [0.1, 0.15) is 12.4 Å². The van der Waals surface area contributed by atoms with E-state index in [1.807, 2.05) is 6.92 Å². The summed E-state index contributed by atoms with van der Waals surface area (Å²) < 4.78 is 43.6. The molecule has 0 aliphatic heterocycles. The lowest BCUT2D eigenvalue weighted by Gasteiger charge is -2.08. The van der Waals surface area contributed by atoms with Gasteiger partial charge in [-0.25, -0.2) is 13.2 Å². The zero-order chi connectivity index (χ0) is 13.5. The van der Waals surface area contributed by atoms with Crippen LogP contribution in [0.2, 0.25) is 0 Å². The maximum atomic E-state index is 13.2. The van der Waals surface area contributed by atoms with Crippen molar-refractivity contribution in [2.75, 3.05) is 18.5 Å². The molecule has 0 heterocycles. The maximum Gasteiger partial charge on any atom is 0.325 e. The normalized spacial score (nSPS) is 10.2. The van der Waals surface area contributed by atoms with Crippen molar-refractivity contribution in [2.24, 2.45) is 0 Å². The van der Waals surface area contributed by atoms with Gasteiger partial charge in [-0.05, 0) is 6.42 Å². The number of esters is 1. The minimum atomic E-state index is -1.31. The van der Waals surface area contributed by atoms with Gasteiger partial charge in [-0.1, -0.05) is 13.3 Å². The summed E-state index contributed by atoms with van der Waals surface area (Å²) in [4.78, 5) is 11.2. The second kappa shape index (κ2) is 6.88. The van der Waals surface area contributed by atoms with Crippen molar-refractivity contribution in [1.29, 1.82) is 0 Å². The highest BCUT2D eigenvalue weighted by atomic mass is 19.2. The summed E-state index contributed by atoms with van der Waals surface area (Å²) >= 11 is 0. The number of hydrogen-bond acceptors (Lipinski definition) is 3. The zero-order valence-corrected chi connectivity index (χ0v) is 9.93.